The lowest BCUT2D eigenvalue weighted by molar-refractivity contribution is 0.102. The Labute approximate surface area is 182 Å². The van der Waals surface area contributed by atoms with Crippen molar-refractivity contribution in [1.82, 2.24) is 9.78 Å². The number of nitrogens with one attached hydrogen (secondary N) is 1. The Bertz CT molecular complexity index is 1130. The second-order valence-corrected chi connectivity index (χ2v) is 7.59. The number of carbonyl (C=O) groups excluding carboxylic acids is 1. The lowest BCUT2D eigenvalue weighted by Gasteiger charge is -2.13. The molecule has 4 rings (SSSR count). The zero-order valence-electron chi connectivity index (χ0n) is 17.7. The van der Waals surface area contributed by atoms with Crippen LogP contribution in [0, 0.1) is 0 Å². The number of hydrogen-bond acceptors (Lipinski definition) is 3. The Hall–Kier alpha value is -3.86. The van der Waals surface area contributed by atoms with Gasteiger partial charge in [0, 0.05) is 23.6 Å². The summed E-state index contributed by atoms with van der Waals surface area (Å²) >= 11 is 0. The van der Waals surface area contributed by atoms with Crippen molar-refractivity contribution >= 4 is 11.6 Å². The van der Waals surface area contributed by atoms with Gasteiger partial charge in [-0.25, -0.2) is 0 Å². The van der Waals surface area contributed by atoms with E-state index in [1.54, 1.807) is 6.20 Å². The summed E-state index contributed by atoms with van der Waals surface area (Å²) in [4.78, 5) is 13.0. The minimum Gasteiger partial charge on any atom is -0.491 e. The van der Waals surface area contributed by atoms with Gasteiger partial charge < -0.3 is 10.1 Å². The van der Waals surface area contributed by atoms with Crippen LogP contribution in [0.2, 0.25) is 0 Å². The van der Waals surface area contributed by atoms with E-state index in [-0.39, 0.29) is 12.0 Å². The van der Waals surface area contributed by atoms with Crippen molar-refractivity contribution in [1.29, 1.82) is 0 Å². The molecule has 0 spiro atoms. The fourth-order valence-corrected chi connectivity index (χ4v) is 3.39. The van der Waals surface area contributed by atoms with Gasteiger partial charge in [-0.3, -0.25) is 9.48 Å². The average molecular weight is 412 g/mol. The highest BCUT2D eigenvalue weighted by molar-refractivity contribution is 6.08. The molecule has 0 bridgehead atoms. The van der Waals surface area contributed by atoms with E-state index in [9.17, 15) is 4.79 Å². The maximum atomic E-state index is 13.0. The molecule has 0 radical (unpaired) electrons. The van der Waals surface area contributed by atoms with E-state index in [1.165, 1.54) is 0 Å². The number of rotatable bonds is 7. The maximum Gasteiger partial charge on any atom is 0.256 e. The van der Waals surface area contributed by atoms with Gasteiger partial charge in [0.25, 0.3) is 5.91 Å². The van der Waals surface area contributed by atoms with Crippen LogP contribution in [0.3, 0.4) is 0 Å². The van der Waals surface area contributed by atoms with Crippen molar-refractivity contribution in [3.05, 3.63) is 102 Å². The molecule has 0 fully saturated rings. The summed E-state index contributed by atoms with van der Waals surface area (Å²) < 4.78 is 7.54. The van der Waals surface area contributed by atoms with Crippen molar-refractivity contribution in [3.63, 3.8) is 0 Å². The highest BCUT2D eigenvalue weighted by Gasteiger charge is 2.13. The zero-order chi connectivity index (χ0) is 21.6. The van der Waals surface area contributed by atoms with E-state index in [4.69, 9.17) is 4.74 Å². The van der Waals surface area contributed by atoms with Crippen molar-refractivity contribution in [2.24, 2.45) is 0 Å². The molecule has 1 heterocycles. The maximum absolute atomic E-state index is 13.0. The predicted octanol–water partition coefficient (Wildman–Crippen LogP) is 5.64. The van der Waals surface area contributed by atoms with Crippen LogP contribution >= 0.6 is 0 Å². The quantitative estimate of drug-likeness (QED) is 0.428. The summed E-state index contributed by atoms with van der Waals surface area (Å²) in [6, 6.07) is 25.2. The predicted molar refractivity (Wildman–Crippen MR) is 123 cm³/mol. The van der Waals surface area contributed by atoms with Gasteiger partial charge in [0.2, 0.25) is 0 Å². The van der Waals surface area contributed by atoms with Crippen LogP contribution in [-0.4, -0.2) is 21.8 Å². The minimum absolute atomic E-state index is 0.109. The van der Waals surface area contributed by atoms with Gasteiger partial charge in [-0.1, -0.05) is 42.5 Å². The fraction of sp³-hybridized carbons (Fsp3) is 0.154. The number of aromatic nitrogens is 2. The molecule has 156 valence electrons. The van der Waals surface area contributed by atoms with Gasteiger partial charge in [0.1, 0.15) is 5.75 Å². The number of carbonyl (C=O) groups is 1. The molecule has 5 heteroatoms. The first-order valence-corrected chi connectivity index (χ1v) is 10.3. The molecule has 0 aliphatic carbocycles. The largest absolute Gasteiger partial charge is 0.491 e. The number of ether oxygens (including phenoxy) is 1. The van der Waals surface area contributed by atoms with Crippen LogP contribution in [0.1, 0.15) is 29.8 Å². The summed E-state index contributed by atoms with van der Waals surface area (Å²) in [5.41, 5.74) is 4.40. The minimum atomic E-state index is -0.145. The normalized spacial score (nSPS) is 10.8. The summed E-state index contributed by atoms with van der Waals surface area (Å²) in [7, 11) is 0. The van der Waals surface area contributed by atoms with Gasteiger partial charge in [0.05, 0.1) is 12.6 Å². The molecule has 0 unspecified atom stereocenters. The van der Waals surface area contributed by atoms with Crippen LogP contribution in [0.15, 0.2) is 91.3 Å². The van der Waals surface area contributed by atoms with Crippen molar-refractivity contribution in [2.75, 3.05) is 5.32 Å². The molecule has 1 aromatic heterocycles. The molecular weight excluding hydrogens is 386 g/mol. The third-order valence-corrected chi connectivity index (χ3v) is 4.82. The first kappa shape index (κ1) is 20.4. The Balaban J connectivity index is 1.50. The second kappa shape index (κ2) is 9.30. The smallest absolute Gasteiger partial charge is 0.256 e. The van der Waals surface area contributed by atoms with Gasteiger partial charge in [-0.05, 0) is 66.9 Å². The van der Waals surface area contributed by atoms with E-state index in [0.717, 1.165) is 28.1 Å². The third kappa shape index (κ3) is 5.20. The molecule has 0 saturated carbocycles. The van der Waals surface area contributed by atoms with Gasteiger partial charge in [-0.15, -0.1) is 0 Å². The number of benzene rings is 3. The number of anilines is 1. The van der Waals surface area contributed by atoms with E-state index < -0.39 is 0 Å². The average Bonchev–Trinajstić information content (AvgIpc) is 3.28. The molecule has 0 atom stereocenters. The van der Waals surface area contributed by atoms with E-state index in [1.807, 2.05) is 91.5 Å². The van der Waals surface area contributed by atoms with Crippen LogP contribution < -0.4 is 10.1 Å². The van der Waals surface area contributed by atoms with Gasteiger partial charge in [0.15, 0.2) is 0 Å². The van der Waals surface area contributed by atoms with Crippen molar-refractivity contribution in [2.45, 2.75) is 26.5 Å². The molecule has 0 saturated heterocycles. The molecule has 1 N–H and O–H groups in total. The van der Waals surface area contributed by atoms with E-state index in [0.29, 0.717) is 12.1 Å². The van der Waals surface area contributed by atoms with Crippen LogP contribution in [0.5, 0.6) is 5.75 Å². The first-order chi connectivity index (χ1) is 15.1. The van der Waals surface area contributed by atoms with E-state index >= 15 is 0 Å². The molecular formula is C26H25N3O2. The first-order valence-electron chi connectivity index (χ1n) is 10.3. The van der Waals surface area contributed by atoms with Crippen LogP contribution in [0.4, 0.5) is 5.69 Å². The Morgan fingerprint density at radius 3 is 2.39 bits per heavy atom. The molecule has 5 nitrogen and oxygen atoms in total. The van der Waals surface area contributed by atoms with Crippen molar-refractivity contribution < 1.29 is 9.53 Å². The standard InChI is InChI=1S/C26H25N3O2/c1-19(2)31-23-14-12-22(13-15-23)28-26(30)25-7-4-3-6-24(25)21-10-8-20(9-11-21)18-29-17-5-16-27-29/h3-17,19H,18H2,1-2H3,(H,28,30). The van der Waals surface area contributed by atoms with Gasteiger partial charge in [-0.2, -0.15) is 5.10 Å². The summed E-state index contributed by atoms with van der Waals surface area (Å²) in [6.07, 6.45) is 3.82. The summed E-state index contributed by atoms with van der Waals surface area (Å²) in [6.45, 7) is 4.68. The van der Waals surface area contributed by atoms with E-state index in [2.05, 4.69) is 22.5 Å². The highest BCUT2D eigenvalue weighted by atomic mass is 16.5. The fourth-order valence-electron chi connectivity index (χ4n) is 3.39. The monoisotopic (exact) mass is 411 g/mol. The highest BCUT2D eigenvalue weighted by Crippen LogP contribution is 2.26. The summed E-state index contributed by atoms with van der Waals surface area (Å²) in [5.74, 6) is 0.636. The topological polar surface area (TPSA) is 56.1 Å². The Morgan fingerprint density at radius 2 is 1.71 bits per heavy atom. The third-order valence-electron chi connectivity index (χ3n) is 4.82. The lowest BCUT2D eigenvalue weighted by atomic mass is 9.98. The second-order valence-electron chi connectivity index (χ2n) is 7.59. The number of amides is 1. The number of hydrogen-bond donors (Lipinski definition) is 1. The molecule has 1 amide bonds. The molecule has 0 aliphatic rings. The van der Waals surface area contributed by atoms with Crippen molar-refractivity contribution in [3.8, 4) is 16.9 Å². The van der Waals surface area contributed by atoms with Crippen LogP contribution in [0.25, 0.3) is 11.1 Å². The molecule has 0 aliphatic heterocycles. The molecule has 3 aromatic carbocycles. The number of nitrogens with zero attached hydrogens (tertiary/aromatic N) is 2. The Morgan fingerprint density at radius 1 is 0.968 bits per heavy atom. The molecule has 4 aromatic rings. The zero-order valence-corrected chi connectivity index (χ0v) is 17.7. The SMILES string of the molecule is CC(C)Oc1ccc(NC(=O)c2ccccc2-c2ccc(Cn3cccn3)cc2)cc1. The molecule has 31 heavy (non-hydrogen) atoms. The lowest BCUT2D eigenvalue weighted by Crippen LogP contribution is -2.13. The van der Waals surface area contributed by atoms with Gasteiger partial charge >= 0.3 is 0 Å². The summed E-state index contributed by atoms with van der Waals surface area (Å²) in [5, 5.41) is 7.23. The van der Waals surface area contributed by atoms with Crippen LogP contribution in [-0.2, 0) is 6.54 Å². The Kier molecular flexibility index (Phi) is 6.13.